The molecule has 1 fully saturated rings. The predicted octanol–water partition coefficient (Wildman–Crippen LogP) is 1.63. The molecule has 2 aromatic heterocycles. The number of H-pyrrole nitrogens is 2. The molecule has 3 heterocycles. The van der Waals surface area contributed by atoms with Crippen molar-refractivity contribution in [2.24, 2.45) is 0 Å². The molecule has 0 bridgehead atoms. The van der Waals surface area contributed by atoms with Crippen LogP contribution in [-0.2, 0) is 6.18 Å². The number of nitrogens with one attached hydrogen (secondary N) is 3. The maximum atomic E-state index is 13.0. The Balaban J connectivity index is 2.12. The van der Waals surface area contributed by atoms with Crippen LogP contribution in [0.1, 0.15) is 12.6 Å². The van der Waals surface area contributed by atoms with Gasteiger partial charge in [-0.1, -0.05) is 11.6 Å². The largest absolute Gasteiger partial charge is 0.433 e. The lowest BCUT2D eigenvalue weighted by Crippen LogP contribution is -2.50. The van der Waals surface area contributed by atoms with Gasteiger partial charge in [-0.2, -0.15) is 18.3 Å². The number of hydrogen-bond acceptors (Lipinski definition) is 5. The molecule has 0 radical (unpaired) electrons. The molecule has 2 aromatic rings. The van der Waals surface area contributed by atoms with Gasteiger partial charge in [0, 0.05) is 25.7 Å². The number of hydrogen-bond donors (Lipinski definition) is 3. The second-order valence-electron chi connectivity index (χ2n) is 5.46. The lowest BCUT2D eigenvalue weighted by molar-refractivity contribution is -0.140. The first-order chi connectivity index (χ1) is 11.3. The highest BCUT2D eigenvalue weighted by Gasteiger charge is 2.37. The Morgan fingerprint density at radius 3 is 2.83 bits per heavy atom. The van der Waals surface area contributed by atoms with Crippen molar-refractivity contribution in [2.45, 2.75) is 19.1 Å². The number of nitrogens with zero attached hydrogens (tertiary/aromatic N) is 3. The van der Waals surface area contributed by atoms with Crippen LogP contribution in [0.25, 0.3) is 11.4 Å². The van der Waals surface area contributed by atoms with Crippen molar-refractivity contribution in [1.82, 2.24) is 25.5 Å². The van der Waals surface area contributed by atoms with Gasteiger partial charge in [0.2, 0.25) is 0 Å². The Morgan fingerprint density at radius 1 is 1.42 bits per heavy atom. The molecular weight excluding hydrogens is 349 g/mol. The van der Waals surface area contributed by atoms with Crippen LogP contribution in [0.2, 0.25) is 5.02 Å². The highest BCUT2D eigenvalue weighted by atomic mass is 35.5. The maximum Gasteiger partial charge on any atom is 0.433 e. The SMILES string of the molecule is C[C@@H]1CNCCN1c1nc(-c2cn[nH]c2C(F)(F)F)[nH]c(=O)c1Cl. The van der Waals surface area contributed by atoms with Gasteiger partial charge in [-0.05, 0) is 6.92 Å². The van der Waals surface area contributed by atoms with Gasteiger partial charge in [0.25, 0.3) is 5.56 Å². The van der Waals surface area contributed by atoms with E-state index in [4.69, 9.17) is 11.6 Å². The van der Waals surface area contributed by atoms with Crippen LogP contribution in [0, 0.1) is 0 Å². The van der Waals surface area contributed by atoms with E-state index in [1.807, 2.05) is 12.0 Å². The lowest BCUT2D eigenvalue weighted by Gasteiger charge is -2.35. The molecule has 0 saturated carbocycles. The van der Waals surface area contributed by atoms with E-state index in [0.29, 0.717) is 19.6 Å². The zero-order valence-corrected chi connectivity index (χ0v) is 13.3. The minimum atomic E-state index is -4.65. The Labute approximate surface area is 139 Å². The van der Waals surface area contributed by atoms with Crippen molar-refractivity contribution < 1.29 is 13.2 Å². The summed E-state index contributed by atoms with van der Waals surface area (Å²) in [5, 5.41) is 8.33. The summed E-state index contributed by atoms with van der Waals surface area (Å²) in [6.07, 6.45) is -3.67. The average Bonchev–Trinajstić information content (AvgIpc) is 3.00. The molecular formula is C13H14ClF3N6O. The van der Waals surface area contributed by atoms with Crippen molar-refractivity contribution in [3.8, 4) is 11.4 Å². The van der Waals surface area contributed by atoms with Gasteiger partial charge in [-0.3, -0.25) is 9.89 Å². The zero-order chi connectivity index (χ0) is 17.5. The van der Waals surface area contributed by atoms with E-state index in [0.717, 1.165) is 6.20 Å². The summed E-state index contributed by atoms with van der Waals surface area (Å²) in [6.45, 7) is 3.75. The highest BCUT2D eigenvalue weighted by Crippen LogP contribution is 2.35. The third-order valence-corrected chi connectivity index (χ3v) is 4.14. The number of rotatable bonds is 2. The van der Waals surface area contributed by atoms with Crippen molar-refractivity contribution >= 4 is 17.4 Å². The van der Waals surface area contributed by atoms with Crippen LogP contribution in [0.3, 0.4) is 0 Å². The number of aromatic amines is 2. The molecule has 130 valence electrons. The number of anilines is 1. The molecule has 24 heavy (non-hydrogen) atoms. The fourth-order valence-electron chi connectivity index (χ4n) is 2.60. The smallest absolute Gasteiger partial charge is 0.350 e. The average molecular weight is 363 g/mol. The number of aromatic nitrogens is 4. The molecule has 0 aromatic carbocycles. The van der Waals surface area contributed by atoms with E-state index in [-0.39, 0.29) is 28.3 Å². The van der Waals surface area contributed by atoms with Crippen LogP contribution in [-0.4, -0.2) is 45.8 Å². The van der Waals surface area contributed by atoms with Crippen LogP contribution >= 0.6 is 11.6 Å². The van der Waals surface area contributed by atoms with E-state index >= 15 is 0 Å². The maximum absolute atomic E-state index is 13.0. The molecule has 1 aliphatic heterocycles. The van der Waals surface area contributed by atoms with Crippen LogP contribution in [0.4, 0.5) is 19.0 Å². The van der Waals surface area contributed by atoms with E-state index in [1.54, 1.807) is 4.90 Å². The Kier molecular flexibility index (Phi) is 4.26. The molecule has 0 aliphatic carbocycles. The van der Waals surface area contributed by atoms with E-state index in [9.17, 15) is 18.0 Å². The van der Waals surface area contributed by atoms with Crippen molar-refractivity contribution in [3.05, 3.63) is 27.3 Å². The second-order valence-corrected chi connectivity index (χ2v) is 5.83. The topological polar surface area (TPSA) is 89.7 Å². The number of alkyl halides is 3. The van der Waals surface area contributed by atoms with Gasteiger partial charge in [-0.25, -0.2) is 4.98 Å². The Morgan fingerprint density at radius 2 is 2.17 bits per heavy atom. The standard InChI is InChI=1S/C13H14ClF3N6O/c1-6-4-18-2-3-23(6)11-8(14)12(24)21-10(20-11)7-5-19-22-9(7)13(15,16)17/h5-6,18H,2-4H2,1H3,(H,19,22)(H,20,21,24)/t6-/m1/s1. The van der Waals surface area contributed by atoms with Gasteiger partial charge in [0.1, 0.15) is 10.8 Å². The normalized spacial score (nSPS) is 18.9. The second kappa shape index (κ2) is 6.10. The summed E-state index contributed by atoms with van der Waals surface area (Å²) >= 11 is 6.04. The van der Waals surface area contributed by atoms with Crippen LogP contribution in [0.5, 0.6) is 0 Å². The molecule has 3 N–H and O–H groups in total. The Hall–Kier alpha value is -2.07. The van der Waals surface area contributed by atoms with Crippen molar-refractivity contribution in [1.29, 1.82) is 0 Å². The van der Waals surface area contributed by atoms with Gasteiger partial charge in [0.15, 0.2) is 11.5 Å². The number of halogens is 4. The summed E-state index contributed by atoms with van der Waals surface area (Å²) in [4.78, 5) is 20.3. The molecule has 1 atom stereocenters. The summed E-state index contributed by atoms with van der Waals surface area (Å²) in [6, 6.07) is -0.00941. The van der Waals surface area contributed by atoms with Crippen molar-refractivity contribution in [3.63, 3.8) is 0 Å². The quantitative estimate of drug-likeness (QED) is 0.755. The molecule has 0 unspecified atom stereocenters. The summed E-state index contributed by atoms with van der Waals surface area (Å²) in [5.41, 5.74) is -2.11. The summed E-state index contributed by atoms with van der Waals surface area (Å²) in [7, 11) is 0. The first kappa shape index (κ1) is 16.8. The van der Waals surface area contributed by atoms with E-state index in [2.05, 4.69) is 20.4 Å². The predicted molar refractivity (Wildman–Crippen MR) is 82.1 cm³/mol. The first-order valence-electron chi connectivity index (χ1n) is 7.17. The third kappa shape index (κ3) is 2.98. The van der Waals surface area contributed by atoms with Crippen LogP contribution in [0.15, 0.2) is 11.0 Å². The van der Waals surface area contributed by atoms with Crippen LogP contribution < -0.4 is 15.8 Å². The van der Waals surface area contributed by atoms with Crippen molar-refractivity contribution in [2.75, 3.05) is 24.5 Å². The monoisotopic (exact) mass is 362 g/mol. The van der Waals surface area contributed by atoms with E-state index < -0.39 is 17.4 Å². The molecule has 0 spiro atoms. The molecule has 3 rings (SSSR count). The lowest BCUT2D eigenvalue weighted by atomic mass is 10.2. The van der Waals surface area contributed by atoms with Gasteiger partial charge in [-0.15, -0.1) is 0 Å². The summed E-state index contributed by atoms with van der Waals surface area (Å²) < 4.78 is 39.1. The fourth-order valence-corrected chi connectivity index (χ4v) is 2.80. The van der Waals surface area contributed by atoms with E-state index in [1.165, 1.54) is 0 Å². The molecule has 0 amide bonds. The molecule has 11 heteroatoms. The van der Waals surface area contributed by atoms with Gasteiger partial charge >= 0.3 is 6.18 Å². The third-order valence-electron chi connectivity index (χ3n) is 3.80. The molecule has 1 aliphatic rings. The first-order valence-corrected chi connectivity index (χ1v) is 7.55. The Bertz CT molecular complexity index is 802. The minimum absolute atomic E-state index is 0.00941. The molecule has 7 nitrogen and oxygen atoms in total. The fraction of sp³-hybridized carbons (Fsp3) is 0.462. The van der Waals surface area contributed by atoms with Gasteiger partial charge in [0.05, 0.1) is 11.8 Å². The van der Waals surface area contributed by atoms with Gasteiger partial charge < -0.3 is 15.2 Å². The highest BCUT2D eigenvalue weighted by molar-refractivity contribution is 6.32. The minimum Gasteiger partial charge on any atom is -0.350 e. The summed E-state index contributed by atoms with van der Waals surface area (Å²) in [5.74, 6) is -0.0649. The number of piperazine rings is 1. The molecule has 1 saturated heterocycles. The zero-order valence-electron chi connectivity index (χ0n) is 12.5.